The molecule has 1 aliphatic heterocycles. The first-order valence-electron chi connectivity index (χ1n) is 8.50. The minimum Gasteiger partial charge on any atom is -0.312 e. The number of nitrogens with one attached hydrogen (secondary N) is 1. The maximum Gasteiger partial charge on any atom is 0.389 e. The molecular weight excluding hydrogens is 277 g/mol. The Morgan fingerprint density at radius 2 is 1.81 bits per heavy atom. The molecule has 0 spiro atoms. The summed E-state index contributed by atoms with van der Waals surface area (Å²) in [6.07, 6.45) is 3.12. The molecule has 0 aromatic rings. The highest BCUT2D eigenvalue weighted by atomic mass is 19.4. The lowest BCUT2D eigenvalue weighted by atomic mass is 9.83. The molecule has 0 bridgehead atoms. The third kappa shape index (κ3) is 5.78. The Morgan fingerprint density at radius 3 is 2.48 bits per heavy atom. The van der Waals surface area contributed by atoms with Gasteiger partial charge in [-0.25, -0.2) is 0 Å². The van der Waals surface area contributed by atoms with Gasteiger partial charge in [0, 0.05) is 25.0 Å². The van der Waals surface area contributed by atoms with Crippen molar-refractivity contribution in [3.05, 3.63) is 0 Å². The van der Waals surface area contributed by atoms with Gasteiger partial charge in [-0.15, -0.1) is 0 Å². The van der Waals surface area contributed by atoms with Crippen LogP contribution in [-0.4, -0.2) is 42.8 Å². The van der Waals surface area contributed by atoms with Crippen molar-refractivity contribution in [2.24, 2.45) is 5.92 Å². The van der Waals surface area contributed by atoms with Crippen molar-refractivity contribution < 1.29 is 13.2 Å². The monoisotopic (exact) mass is 306 g/mol. The van der Waals surface area contributed by atoms with E-state index >= 15 is 0 Å². The smallest absolute Gasteiger partial charge is 0.312 e. The Bertz CT molecular complexity index is 300. The summed E-state index contributed by atoms with van der Waals surface area (Å²) in [5.74, 6) is 0.717. The molecule has 2 unspecified atom stereocenters. The van der Waals surface area contributed by atoms with Gasteiger partial charge in [-0.2, -0.15) is 13.2 Å². The van der Waals surface area contributed by atoms with E-state index in [9.17, 15) is 13.2 Å². The molecule has 124 valence electrons. The van der Waals surface area contributed by atoms with Crippen LogP contribution in [-0.2, 0) is 0 Å². The molecule has 0 radical (unpaired) electrons. The topological polar surface area (TPSA) is 15.3 Å². The van der Waals surface area contributed by atoms with E-state index in [0.717, 1.165) is 19.5 Å². The fourth-order valence-electron chi connectivity index (χ4n) is 3.80. The predicted octanol–water partition coefficient (Wildman–Crippen LogP) is 3.96. The fourth-order valence-corrected chi connectivity index (χ4v) is 3.80. The van der Waals surface area contributed by atoms with E-state index in [0.29, 0.717) is 24.5 Å². The molecule has 1 saturated carbocycles. The molecule has 2 nitrogen and oxygen atoms in total. The molecule has 2 fully saturated rings. The van der Waals surface area contributed by atoms with Gasteiger partial charge in [-0.3, -0.25) is 4.90 Å². The van der Waals surface area contributed by atoms with Crippen molar-refractivity contribution in [1.82, 2.24) is 10.2 Å². The standard InChI is InChI=1S/C16H29F3N2/c1-13-8-10-20-15(14-6-3-2-4-7-14)12-21(13)11-5-9-16(17,18)19/h13-15,20H,2-12H2,1H3. The molecule has 0 aromatic carbocycles. The van der Waals surface area contributed by atoms with Crippen LogP contribution in [0.2, 0.25) is 0 Å². The summed E-state index contributed by atoms with van der Waals surface area (Å²) in [4.78, 5) is 2.28. The zero-order valence-electron chi connectivity index (χ0n) is 13.1. The first-order chi connectivity index (χ1) is 9.96. The van der Waals surface area contributed by atoms with E-state index in [4.69, 9.17) is 0 Å². The zero-order valence-corrected chi connectivity index (χ0v) is 13.1. The van der Waals surface area contributed by atoms with Crippen LogP contribution in [0.4, 0.5) is 13.2 Å². The Kier molecular flexibility index (Phi) is 6.35. The summed E-state index contributed by atoms with van der Waals surface area (Å²) in [6.45, 7) is 4.64. The molecule has 1 N–H and O–H groups in total. The molecule has 1 aliphatic carbocycles. The second-order valence-electron chi connectivity index (χ2n) is 6.81. The van der Waals surface area contributed by atoms with Gasteiger partial charge in [0.05, 0.1) is 0 Å². The number of halogens is 3. The van der Waals surface area contributed by atoms with Crippen LogP contribution in [0.1, 0.15) is 58.3 Å². The molecule has 1 saturated heterocycles. The van der Waals surface area contributed by atoms with Gasteiger partial charge in [0.25, 0.3) is 0 Å². The highest BCUT2D eigenvalue weighted by molar-refractivity contribution is 4.86. The van der Waals surface area contributed by atoms with Crippen molar-refractivity contribution in [3.63, 3.8) is 0 Å². The van der Waals surface area contributed by atoms with E-state index in [1.807, 2.05) is 0 Å². The average molecular weight is 306 g/mol. The van der Waals surface area contributed by atoms with Gasteiger partial charge in [-0.1, -0.05) is 19.3 Å². The maximum atomic E-state index is 12.3. The molecule has 5 heteroatoms. The second-order valence-corrected chi connectivity index (χ2v) is 6.81. The lowest BCUT2D eigenvalue weighted by Gasteiger charge is -2.34. The van der Waals surface area contributed by atoms with Crippen molar-refractivity contribution >= 4 is 0 Å². The highest BCUT2D eigenvalue weighted by Crippen LogP contribution is 2.28. The lowest BCUT2D eigenvalue weighted by Crippen LogP contribution is -2.45. The van der Waals surface area contributed by atoms with Crippen LogP contribution in [0.5, 0.6) is 0 Å². The van der Waals surface area contributed by atoms with Crippen LogP contribution in [0.25, 0.3) is 0 Å². The van der Waals surface area contributed by atoms with Crippen molar-refractivity contribution in [2.45, 2.75) is 76.6 Å². The second kappa shape index (κ2) is 7.82. The average Bonchev–Trinajstić information content (AvgIpc) is 2.61. The van der Waals surface area contributed by atoms with E-state index in [2.05, 4.69) is 17.1 Å². The Balaban J connectivity index is 1.85. The summed E-state index contributed by atoms with van der Waals surface area (Å²) in [5.41, 5.74) is 0. The summed E-state index contributed by atoms with van der Waals surface area (Å²) >= 11 is 0. The minimum atomic E-state index is -4.02. The molecule has 0 amide bonds. The Hall–Kier alpha value is -0.290. The van der Waals surface area contributed by atoms with Crippen LogP contribution < -0.4 is 5.32 Å². The van der Waals surface area contributed by atoms with Crippen LogP contribution in [0, 0.1) is 5.92 Å². The number of nitrogens with zero attached hydrogens (tertiary/aromatic N) is 1. The van der Waals surface area contributed by atoms with Gasteiger partial charge in [0.2, 0.25) is 0 Å². The zero-order chi connectivity index (χ0) is 15.3. The van der Waals surface area contributed by atoms with Gasteiger partial charge in [0.1, 0.15) is 0 Å². The predicted molar refractivity (Wildman–Crippen MR) is 79.3 cm³/mol. The van der Waals surface area contributed by atoms with Crippen molar-refractivity contribution in [1.29, 1.82) is 0 Å². The third-order valence-corrected chi connectivity index (χ3v) is 5.15. The van der Waals surface area contributed by atoms with E-state index < -0.39 is 12.6 Å². The Labute approximate surface area is 126 Å². The molecule has 1 heterocycles. The number of rotatable bonds is 4. The first-order valence-corrected chi connectivity index (χ1v) is 8.50. The molecule has 21 heavy (non-hydrogen) atoms. The highest BCUT2D eigenvalue weighted by Gasteiger charge is 2.31. The van der Waals surface area contributed by atoms with Gasteiger partial charge < -0.3 is 5.32 Å². The number of alkyl halides is 3. The molecule has 2 aliphatic rings. The quantitative estimate of drug-likeness (QED) is 0.845. The van der Waals surface area contributed by atoms with E-state index in [1.165, 1.54) is 32.1 Å². The van der Waals surface area contributed by atoms with Crippen LogP contribution >= 0.6 is 0 Å². The van der Waals surface area contributed by atoms with E-state index in [-0.39, 0.29) is 6.42 Å². The first kappa shape index (κ1) is 17.1. The van der Waals surface area contributed by atoms with Gasteiger partial charge in [-0.05, 0) is 51.6 Å². The summed E-state index contributed by atoms with van der Waals surface area (Å²) < 4.78 is 37.0. The number of hydrogen-bond acceptors (Lipinski definition) is 2. The Morgan fingerprint density at radius 1 is 1.10 bits per heavy atom. The maximum absolute atomic E-state index is 12.3. The summed E-state index contributed by atoms with van der Waals surface area (Å²) in [5, 5.41) is 3.65. The minimum absolute atomic E-state index is 0.227. The summed E-state index contributed by atoms with van der Waals surface area (Å²) in [6, 6.07) is 0.862. The van der Waals surface area contributed by atoms with Crippen LogP contribution in [0.3, 0.4) is 0 Å². The molecular formula is C16H29F3N2. The van der Waals surface area contributed by atoms with Crippen LogP contribution in [0.15, 0.2) is 0 Å². The van der Waals surface area contributed by atoms with Gasteiger partial charge >= 0.3 is 6.18 Å². The summed E-state index contributed by atoms with van der Waals surface area (Å²) in [7, 11) is 0. The molecule has 2 rings (SSSR count). The van der Waals surface area contributed by atoms with Gasteiger partial charge in [0.15, 0.2) is 0 Å². The molecule has 0 aromatic heterocycles. The van der Waals surface area contributed by atoms with Crippen molar-refractivity contribution in [2.75, 3.05) is 19.6 Å². The fraction of sp³-hybridized carbons (Fsp3) is 1.00. The molecule has 2 atom stereocenters. The van der Waals surface area contributed by atoms with Crippen molar-refractivity contribution in [3.8, 4) is 0 Å². The normalized spacial score (nSPS) is 30.3. The third-order valence-electron chi connectivity index (χ3n) is 5.15. The number of hydrogen-bond donors (Lipinski definition) is 1. The largest absolute Gasteiger partial charge is 0.389 e. The SMILES string of the molecule is CC1CCNC(C2CCCCC2)CN1CCCC(F)(F)F. The lowest BCUT2D eigenvalue weighted by molar-refractivity contribution is -0.136. The van der Waals surface area contributed by atoms with E-state index in [1.54, 1.807) is 0 Å².